The van der Waals surface area contributed by atoms with Crippen LogP contribution in [0.25, 0.3) is 0 Å². The molecule has 154 valence electrons. The molecule has 2 aromatic carbocycles. The first-order valence-corrected chi connectivity index (χ1v) is 9.59. The lowest BCUT2D eigenvalue weighted by atomic mass is 10.1. The summed E-state index contributed by atoms with van der Waals surface area (Å²) in [6.07, 6.45) is 4.57. The number of benzene rings is 2. The van der Waals surface area contributed by atoms with Gasteiger partial charge in [0.2, 0.25) is 0 Å². The molecule has 1 aromatic heterocycles. The number of aliphatic imine (C=N–C) groups is 1. The Morgan fingerprint density at radius 1 is 1.07 bits per heavy atom. The lowest BCUT2D eigenvalue weighted by Gasteiger charge is -2.13. The van der Waals surface area contributed by atoms with E-state index in [1.165, 1.54) is 11.1 Å². The molecule has 0 fully saturated rings. The standard InChI is InChI=1S/C22H27N5O.HI/c1-2-23-22(24-13-11-18-7-5-10-21(28)15-18)25-16-19-8-3-4-9-20(19)17-27-14-6-12-26-27;/h3-10,12,14-15,28H,2,11,13,16-17H2,1H3,(H2,23,24,25);1H. The number of nitrogens with one attached hydrogen (secondary N) is 2. The Morgan fingerprint density at radius 2 is 1.90 bits per heavy atom. The first-order valence-electron chi connectivity index (χ1n) is 9.59. The number of hydrogen-bond donors (Lipinski definition) is 3. The normalized spacial score (nSPS) is 11.0. The van der Waals surface area contributed by atoms with Crippen LogP contribution in [0.1, 0.15) is 23.6 Å². The molecule has 7 heteroatoms. The summed E-state index contributed by atoms with van der Waals surface area (Å²) in [6, 6.07) is 17.6. The van der Waals surface area contributed by atoms with Gasteiger partial charge in [-0.25, -0.2) is 4.99 Å². The number of halogens is 1. The molecule has 0 radical (unpaired) electrons. The molecule has 0 unspecified atom stereocenters. The Bertz CT molecular complexity index is 896. The van der Waals surface area contributed by atoms with Crippen molar-refractivity contribution < 1.29 is 5.11 Å². The Morgan fingerprint density at radius 3 is 2.62 bits per heavy atom. The average Bonchev–Trinajstić information content (AvgIpc) is 3.20. The van der Waals surface area contributed by atoms with Crippen LogP contribution in [0, 0.1) is 0 Å². The number of rotatable bonds is 8. The van der Waals surface area contributed by atoms with Crippen molar-refractivity contribution in [3.05, 3.63) is 83.7 Å². The van der Waals surface area contributed by atoms with Gasteiger partial charge in [-0.3, -0.25) is 4.68 Å². The van der Waals surface area contributed by atoms with Crippen LogP contribution in [0.15, 0.2) is 72.0 Å². The molecule has 0 aliphatic rings. The van der Waals surface area contributed by atoms with Gasteiger partial charge in [0, 0.05) is 25.5 Å². The molecule has 29 heavy (non-hydrogen) atoms. The number of aromatic hydroxyl groups is 1. The van der Waals surface area contributed by atoms with Crippen molar-refractivity contribution in [1.82, 2.24) is 20.4 Å². The van der Waals surface area contributed by atoms with Crippen LogP contribution >= 0.6 is 24.0 Å². The van der Waals surface area contributed by atoms with Crippen molar-refractivity contribution in [2.45, 2.75) is 26.4 Å². The van der Waals surface area contributed by atoms with Gasteiger partial charge in [-0.15, -0.1) is 24.0 Å². The summed E-state index contributed by atoms with van der Waals surface area (Å²) in [6.45, 7) is 4.92. The quantitative estimate of drug-likeness (QED) is 0.249. The highest BCUT2D eigenvalue weighted by molar-refractivity contribution is 14.0. The number of nitrogens with zero attached hydrogens (tertiary/aromatic N) is 3. The van der Waals surface area contributed by atoms with Gasteiger partial charge in [0.1, 0.15) is 5.75 Å². The van der Waals surface area contributed by atoms with E-state index in [0.29, 0.717) is 12.3 Å². The van der Waals surface area contributed by atoms with Crippen molar-refractivity contribution in [1.29, 1.82) is 0 Å². The van der Waals surface area contributed by atoms with E-state index < -0.39 is 0 Å². The molecule has 0 atom stereocenters. The smallest absolute Gasteiger partial charge is 0.191 e. The van der Waals surface area contributed by atoms with E-state index in [1.54, 1.807) is 18.3 Å². The zero-order chi connectivity index (χ0) is 19.6. The van der Waals surface area contributed by atoms with E-state index >= 15 is 0 Å². The molecule has 3 rings (SSSR count). The lowest BCUT2D eigenvalue weighted by Crippen LogP contribution is -2.38. The van der Waals surface area contributed by atoms with E-state index in [4.69, 9.17) is 4.99 Å². The fraction of sp³-hybridized carbons (Fsp3) is 0.273. The molecule has 0 bridgehead atoms. The van der Waals surface area contributed by atoms with Crippen molar-refractivity contribution in [3.63, 3.8) is 0 Å². The molecule has 1 heterocycles. The summed E-state index contributed by atoms with van der Waals surface area (Å²) in [5, 5.41) is 20.5. The fourth-order valence-corrected chi connectivity index (χ4v) is 2.98. The van der Waals surface area contributed by atoms with Crippen LogP contribution < -0.4 is 10.6 Å². The zero-order valence-corrected chi connectivity index (χ0v) is 18.9. The van der Waals surface area contributed by atoms with Crippen LogP contribution in [-0.4, -0.2) is 33.9 Å². The van der Waals surface area contributed by atoms with Crippen molar-refractivity contribution >= 4 is 29.9 Å². The Labute approximate surface area is 189 Å². The first kappa shape index (κ1) is 22.7. The molecule has 3 N–H and O–H groups in total. The Kier molecular flexibility index (Phi) is 9.49. The van der Waals surface area contributed by atoms with Gasteiger partial charge in [-0.2, -0.15) is 5.10 Å². The highest BCUT2D eigenvalue weighted by atomic mass is 127. The van der Waals surface area contributed by atoms with Crippen molar-refractivity contribution in [3.8, 4) is 5.75 Å². The summed E-state index contributed by atoms with van der Waals surface area (Å²) in [7, 11) is 0. The monoisotopic (exact) mass is 505 g/mol. The summed E-state index contributed by atoms with van der Waals surface area (Å²) in [5.41, 5.74) is 3.49. The van der Waals surface area contributed by atoms with Gasteiger partial charge in [0.25, 0.3) is 0 Å². The minimum absolute atomic E-state index is 0. The van der Waals surface area contributed by atoms with Gasteiger partial charge in [0.15, 0.2) is 5.96 Å². The van der Waals surface area contributed by atoms with Crippen LogP contribution in [-0.2, 0) is 19.5 Å². The van der Waals surface area contributed by atoms with Crippen LogP contribution in [0.2, 0.25) is 0 Å². The number of phenolic OH excluding ortho intramolecular Hbond substituents is 1. The van der Waals surface area contributed by atoms with E-state index in [-0.39, 0.29) is 24.0 Å². The van der Waals surface area contributed by atoms with E-state index in [1.807, 2.05) is 41.2 Å². The molecular formula is C22H28IN5O. The van der Waals surface area contributed by atoms with Gasteiger partial charge >= 0.3 is 0 Å². The topological polar surface area (TPSA) is 74.5 Å². The number of phenols is 1. The third-order valence-electron chi connectivity index (χ3n) is 4.38. The van der Waals surface area contributed by atoms with Crippen molar-refractivity contribution in [2.24, 2.45) is 4.99 Å². The average molecular weight is 505 g/mol. The zero-order valence-electron chi connectivity index (χ0n) is 16.6. The summed E-state index contributed by atoms with van der Waals surface area (Å²) in [5.74, 6) is 1.09. The predicted octanol–water partition coefficient (Wildman–Crippen LogP) is 3.55. The van der Waals surface area contributed by atoms with Gasteiger partial charge < -0.3 is 15.7 Å². The van der Waals surface area contributed by atoms with Crippen molar-refractivity contribution in [2.75, 3.05) is 13.1 Å². The Hall–Kier alpha value is -2.55. The second-order valence-electron chi connectivity index (χ2n) is 6.51. The summed E-state index contributed by atoms with van der Waals surface area (Å²) >= 11 is 0. The molecule has 0 aliphatic carbocycles. The molecule has 0 aliphatic heterocycles. The van der Waals surface area contributed by atoms with E-state index in [0.717, 1.165) is 37.6 Å². The second-order valence-corrected chi connectivity index (χ2v) is 6.51. The lowest BCUT2D eigenvalue weighted by molar-refractivity contribution is 0.474. The summed E-state index contributed by atoms with van der Waals surface area (Å²) in [4.78, 5) is 4.74. The molecule has 6 nitrogen and oxygen atoms in total. The first-order chi connectivity index (χ1) is 13.7. The van der Waals surface area contributed by atoms with Gasteiger partial charge in [0.05, 0.1) is 13.1 Å². The minimum Gasteiger partial charge on any atom is -0.508 e. The highest BCUT2D eigenvalue weighted by Gasteiger charge is 2.04. The molecule has 3 aromatic rings. The largest absolute Gasteiger partial charge is 0.508 e. The summed E-state index contributed by atoms with van der Waals surface area (Å²) < 4.78 is 1.92. The molecule has 0 spiro atoms. The number of guanidine groups is 1. The fourth-order valence-electron chi connectivity index (χ4n) is 2.98. The van der Waals surface area contributed by atoms with Crippen LogP contribution in [0.3, 0.4) is 0 Å². The maximum atomic E-state index is 9.57. The van der Waals surface area contributed by atoms with Crippen LogP contribution in [0.5, 0.6) is 5.75 Å². The van der Waals surface area contributed by atoms with Gasteiger partial charge in [-0.1, -0.05) is 36.4 Å². The number of hydrogen-bond acceptors (Lipinski definition) is 3. The molecule has 0 saturated heterocycles. The maximum absolute atomic E-state index is 9.57. The maximum Gasteiger partial charge on any atom is 0.191 e. The molecule has 0 amide bonds. The molecular weight excluding hydrogens is 477 g/mol. The van der Waals surface area contributed by atoms with E-state index in [9.17, 15) is 5.11 Å². The highest BCUT2D eigenvalue weighted by Crippen LogP contribution is 2.12. The third kappa shape index (κ3) is 7.41. The number of aromatic nitrogens is 2. The SMILES string of the molecule is CCNC(=NCc1ccccc1Cn1cccn1)NCCc1cccc(O)c1.I. The van der Waals surface area contributed by atoms with Crippen LogP contribution in [0.4, 0.5) is 0 Å². The molecule has 0 saturated carbocycles. The minimum atomic E-state index is 0. The third-order valence-corrected chi connectivity index (χ3v) is 4.38. The van der Waals surface area contributed by atoms with E-state index in [2.05, 4.69) is 34.8 Å². The second kappa shape index (κ2) is 12.1. The predicted molar refractivity (Wildman–Crippen MR) is 128 cm³/mol. The Balaban J connectivity index is 0.00000300. The van der Waals surface area contributed by atoms with Gasteiger partial charge in [-0.05, 0) is 48.2 Å².